The summed E-state index contributed by atoms with van der Waals surface area (Å²) in [5.41, 5.74) is 2.55. The van der Waals surface area contributed by atoms with Crippen molar-refractivity contribution in [3.63, 3.8) is 0 Å². The van der Waals surface area contributed by atoms with Crippen molar-refractivity contribution in [2.75, 3.05) is 0 Å². The van der Waals surface area contributed by atoms with E-state index < -0.39 is 0 Å². The van der Waals surface area contributed by atoms with Gasteiger partial charge in [0.1, 0.15) is 6.26 Å². The van der Waals surface area contributed by atoms with Crippen molar-refractivity contribution < 1.29 is 4.52 Å². The molecule has 1 saturated carbocycles. The van der Waals surface area contributed by atoms with Crippen LogP contribution in [0.5, 0.6) is 0 Å². The molecule has 0 aliphatic heterocycles. The molecule has 78 valence electrons. The van der Waals surface area contributed by atoms with Crippen LogP contribution in [0, 0.1) is 0 Å². The lowest BCUT2D eigenvalue weighted by Gasteiger charge is -2.21. The normalized spacial score (nSPS) is 19.1. The topological polar surface area (TPSA) is 26.0 Å². The van der Waals surface area contributed by atoms with Crippen molar-refractivity contribution in [3.05, 3.63) is 17.5 Å². The summed E-state index contributed by atoms with van der Waals surface area (Å²) in [4.78, 5) is 0. The van der Waals surface area contributed by atoms with Gasteiger partial charge in [-0.1, -0.05) is 38.3 Å². The number of nitrogens with zero attached hydrogens (tertiary/aromatic N) is 1. The molecular weight excluding hydrogens is 174 g/mol. The maximum absolute atomic E-state index is 5.11. The van der Waals surface area contributed by atoms with E-state index in [0.717, 1.165) is 0 Å². The predicted molar refractivity (Wildman–Crippen MR) is 56.4 cm³/mol. The quantitative estimate of drug-likeness (QED) is 0.713. The third kappa shape index (κ3) is 1.84. The molecule has 1 heterocycles. The van der Waals surface area contributed by atoms with E-state index in [1.807, 2.05) is 6.26 Å². The van der Waals surface area contributed by atoms with Gasteiger partial charge in [0.25, 0.3) is 0 Å². The number of hydrogen-bond acceptors (Lipinski definition) is 2. The summed E-state index contributed by atoms with van der Waals surface area (Å²) in [6.07, 6.45) is 8.65. The SMILES string of the molecule is CC(C)c1nocc1C1CCCCC1. The summed E-state index contributed by atoms with van der Waals surface area (Å²) in [6, 6.07) is 0. The highest BCUT2D eigenvalue weighted by Gasteiger charge is 2.22. The Bertz CT molecular complexity index is 284. The van der Waals surface area contributed by atoms with Gasteiger partial charge in [0.05, 0.1) is 5.69 Å². The van der Waals surface area contributed by atoms with E-state index in [2.05, 4.69) is 19.0 Å². The molecule has 14 heavy (non-hydrogen) atoms. The van der Waals surface area contributed by atoms with Crippen molar-refractivity contribution in [2.45, 2.75) is 57.8 Å². The largest absolute Gasteiger partial charge is 0.364 e. The van der Waals surface area contributed by atoms with Crippen LogP contribution >= 0.6 is 0 Å². The van der Waals surface area contributed by atoms with Crippen LogP contribution in [0.3, 0.4) is 0 Å². The summed E-state index contributed by atoms with van der Waals surface area (Å²) in [5, 5.41) is 4.12. The maximum Gasteiger partial charge on any atom is 0.127 e. The van der Waals surface area contributed by atoms with Gasteiger partial charge in [0.2, 0.25) is 0 Å². The van der Waals surface area contributed by atoms with E-state index in [-0.39, 0.29) is 0 Å². The first-order chi connectivity index (χ1) is 6.79. The van der Waals surface area contributed by atoms with Gasteiger partial charge in [-0.2, -0.15) is 0 Å². The van der Waals surface area contributed by atoms with Gasteiger partial charge >= 0.3 is 0 Å². The summed E-state index contributed by atoms with van der Waals surface area (Å²) < 4.78 is 5.11. The zero-order valence-electron chi connectivity index (χ0n) is 9.12. The van der Waals surface area contributed by atoms with Crippen LogP contribution in [-0.2, 0) is 0 Å². The molecule has 1 aliphatic carbocycles. The first kappa shape index (κ1) is 9.75. The third-order valence-corrected chi connectivity index (χ3v) is 3.22. The lowest BCUT2D eigenvalue weighted by atomic mass is 9.83. The molecule has 2 nitrogen and oxygen atoms in total. The monoisotopic (exact) mass is 193 g/mol. The van der Waals surface area contributed by atoms with Crippen molar-refractivity contribution >= 4 is 0 Å². The Balaban J connectivity index is 2.17. The molecule has 2 rings (SSSR count). The zero-order chi connectivity index (χ0) is 9.97. The summed E-state index contributed by atoms with van der Waals surface area (Å²) >= 11 is 0. The van der Waals surface area contributed by atoms with Gasteiger partial charge < -0.3 is 4.52 Å². The predicted octanol–water partition coefficient (Wildman–Crippen LogP) is 3.85. The van der Waals surface area contributed by atoms with E-state index >= 15 is 0 Å². The molecule has 0 spiro atoms. The number of hydrogen-bond donors (Lipinski definition) is 0. The molecule has 0 unspecified atom stereocenters. The molecule has 1 aliphatic rings. The minimum atomic E-state index is 0.491. The molecule has 0 aromatic carbocycles. The van der Waals surface area contributed by atoms with Gasteiger partial charge in [-0.05, 0) is 24.7 Å². The van der Waals surface area contributed by atoms with Crippen molar-refractivity contribution in [1.82, 2.24) is 5.16 Å². The lowest BCUT2D eigenvalue weighted by molar-refractivity contribution is 0.405. The fourth-order valence-corrected chi connectivity index (χ4v) is 2.41. The van der Waals surface area contributed by atoms with Crippen LogP contribution in [0.4, 0.5) is 0 Å². The second-order valence-corrected chi connectivity index (χ2v) is 4.64. The van der Waals surface area contributed by atoms with Gasteiger partial charge in [0.15, 0.2) is 0 Å². The lowest BCUT2D eigenvalue weighted by Crippen LogP contribution is -2.06. The Morgan fingerprint density at radius 3 is 2.64 bits per heavy atom. The Morgan fingerprint density at radius 1 is 1.29 bits per heavy atom. The Morgan fingerprint density at radius 2 is 2.00 bits per heavy atom. The van der Waals surface area contributed by atoms with E-state index in [4.69, 9.17) is 4.52 Å². The number of aromatic nitrogens is 1. The van der Waals surface area contributed by atoms with Crippen molar-refractivity contribution in [1.29, 1.82) is 0 Å². The minimum absolute atomic E-state index is 0.491. The first-order valence-corrected chi connectivity index (χ1v) is 5.73. The van der Waals surface area contributed by atoms with Gasteiger partial charge in [-0.3, -0.25) is 0 Å². The first-order valence-electron chi connectivity index (χ1n) is 5.73. The average molecular weight is 193 g/mol. The smallest absolute Gasteiger partial charge is 0.127 e. The van der Waals surface area contributed by atoms with Crippen LogP contribution in [0.15, 0.2) is 10.8 Å². The molecule has 2 heteroatoms. The average Bonchev–Trinajstić information content (AvgIpc) is 2.67. The van der Waals surface area contributed by atoms with Crippen molar-refractivity contribution in [2.24, 2.45) is 0 Å². The van der Waals surface area contributed by atoms with Crippen LogP contribution in [0.2, 0.25) is 0 Å². The highest BCUT2D eigenvalue weighted by atomic mass is 16.5. The Labute approximate surface area is 85.7 Å². The molecule has 0 saturated heterocycles. The van der Waals surface area contributed by atoms with Crippen LogP contribution < -0.4 is 0 Å². The molecule has 0 bridgehead atoms. The molecule has 1 fully saturated rings. The Hall–Kier alpha value is -0.790. The van der Waals surface area contributed by atoms with Crippen molar-refractivity contribution in [3.8, 4) is 0 Å². The molecule has 0 amide bonds. The van der Waals surface area contributed by atoms with Gasteiger partial charge in [-0.15, -0.1) is 0 Å². The molecule has 0 atom stereocenters. The van der Waals surface area contributed by atoms with E-state index in [1.54, 1.807) is 0 Å². The highest BCUT2D eigenvalue weighted by Crippen LogP contribution is 2.35. The second kappa shape index (κ2) is 4.16. The van der Waals surface area contributed by atoms with Gasteiger partial charge in [-0.25, -0.2) is 0 Å². The van der Waals surface area contributed by atoms with Crippen LogP contribution in [-0.4, -0.2) is 5.16 Å². The fraction of sp³-hybridized carbons (Fsp3) is 0.750. The van der Waals surface area contributed by atoms with Crippen LogP contribution in [0.1, 0.15) is 69.0 Å². The highest BCUT2D eigenvalue weighted by molar-refractivity contribution is 5.22. The molecule has 0 N–H and O–H groups in total. The molecule has 1 aromatic heterocycles. The summed E-state index contributed by atoms with van der Waals surface area (Å²) in [7, 11) is 0. The van der Waals surface area contributed by atoms with E-state index in [0.29, 0.717) is 11.8 Å². The van der Waals surface area contributed by atoms with Crippen LogP contribution in [0.25, 0.3) is 0 Å². The second-order valence-electron chi connectivity index (χ2n) is 4.64. The molecule has 0 radical (unpaired) electrons. The standard InChI is InChI=1S/C12H19NO/c1-9(2)12-11(8-14-13-12)10-6-4-3-5-7-10/h8-10H,3-7H2,1-2H3. The van der Waals surface area contributed by atoms with E-state index in [1.165, 1.54) is 43.4 Å². The van der Waals surface area contributed by atoms with E-state index in [9.17, 15) is 0 Å². The summed E-state index contributed by atoms with van der Waals surface area (Å²) in [5.74, 6) is 1.21. The third-order valence-electron chi connectivity index (χ3n) is 3.22. The maximum atomic E-state index is 5.11. The van der Waals surface area contributed by atoms with Gasteiger partial charge in [0, 0.05) is 5.56 Å². The molecule has 1 aromatic rings. The summed E-state index contributed by atoms with van der Waals surface area (Å²) in [6.45, 7) is 4.37. The Kier molecular flexibility index (Phi) is 2.90. The fourth-order valence-electron chi connectivity index (χ4n) is 2.41. The molecular formula is C12H19NO. The number of rotatable bonds is 2. The minimum Gasteiger partial charge on any atom is -0.364 e. The zero-order valence-corrected chi connectivity index (χ0v) is 9.12.